The number of nitrogens with two attached hydrogens (primary N) is 1. The molecule has 2 N–H and O–H groups in total. The summed E-state index contributed by atoms with van der Waals surface area (Å²) < 4.78 is 15.8. The summed E-state index contributed by atoms with van der Waals surface area (Å²) in [5, 5.41) is 0. The lowest BCUT2D eigenvalue weighted by atomic mass is 10.2. The van der Waals surface area contributed by atoms with Crippen LogP contribution in [0.1, 0.15) is 12.8 Å². The highest BCUT2D eigenvalue weighted by Crippen LogP contribution is 2.40. The molecule has 0 bridgehead atoms. The van der Waals surface area contributed by atoms with Gasteiger partial charge in [0.1, 0.15) is 0 Å². The average molecular weight is 282 g/mol. The third-order valence-corrected chi connectivity index (χ3v) is 3.01. The highest BCUT2D eigenvalue weighted by molar-refractivity contribution is 5.93. The maximum Gasteiger partial charge on any atom is 0.226 e. The lowest BCUT2D eigenvalue weighted by Crippen LogP contribution is -2.26. The Kier molecular flexibility index (Phi) is 6.11. The van der Waals surface area contributed by atoms with E-state index in [4.69, 9.17) is 19.9 Å². The summed E-state index contributed by atoms with van der Waals surface area (Å²) in [6.45, 7) is 0.495. The summed E-state index contributed by atoms with van der Waals surface area (Å²) in [6, 6.07) is 3.48. The van der Waals surface area contributed by atoms with Gasteiger partial charge in [-0.3, -0.25) is 4.79 Å². The second kappa shape index (κ2) is 7.59. The van der Waals surface area contributed by atoms with Gasteiger partial charge >= 0.3 is 0 Å². The van der Waals surface area contributed by atoms with Gasteiger partial charge in [0.05, 0.1) is 27.0 Å². The van der Waals surface area contributed by atoms with Crippen molar-refractivity contribution < 1.29 is 19.0 Å². The molecule has 1 aromatic carbocycles. The smallest absolute Gasteiger partial charge is 0.226 e. The molecular weight excluding hydrogens is 260 g/mol. The van der Waals surface area contributed by atoms with Gasteiger partial charge in [-0.05, 0) is 13.0 Å². The van der Waals surface area contributed by atoms with Gasteiger partial charge in [0.2, 0.25) is 11.7 Å². The normalized spacial score (nSPS) is 10.1. The van der Waals surface area contributed by atoms with E-state index in [0.717, 1.165) is 0 Å². The predicted molar refractivity (Wildman–Crippen MR) is 77.8 cm³/mol. The first-order chi connectivity index (χ1) is 9.58. The zero-order valence-corrected chi connectivity index (χ0v) is 12.4. The molecule has 6 heteroatoms. The Morgan fingerprint density at radius 3 is 2.10 bits per heavy atom. The number of anilines is 1. The molecule has 1 amide bonds. The molecule has 6 nitrogen and oxygen atoms in total. The maximum atomic E-state index is 12.0. The summed E-state index contributed by atoms with van der Waals surface area (Å²) in [5.41, 5.74) is 6.10. The standard InChI is InChI=1S/C14H22N2O4/c1-16(13(17)6-5-7-15)10-8-11(18-2)14(20-4)12(9-10)19-3/h8-9H,5-7,15H2,1-4H3. The van der Waals surface area contributed by atoms with Crippen LogP contribution in [-0.4, -0.2) is 40.8 Å². The van der Waals surface area contributed by atoms with E-state index in [1.165, 1.54) is 21.3 Å². The second-order valence-electron chi connectivity index (χ2n) is 4.23. The van der Waals surface area contributed by atoms with Crippen molar-refractivity contribution in [3.63, 3.8) is 0 Å². The fraction of sp³-hybridized carbons (Fsp3) is 0.500. The van der Waals surface area contributed by atoms with Crippen LogP contribution in [0.15, 0.2) is 12.1 Å². The quantitative estimate of drug-likeness (QED) is 0.818. The first kappa shape index (κ1) is 16.1. The Morgan fingerprint density at radius 2 is 1.70 bits per heavy atom. The number of amides is 1. The molecule has 0 atom stereocenters. The summed E-state index contributed by atoms with van der Waals surface area (Å²) >= 11 is 0. The Labute approximate surface area is 119 Å². The molecule has 0 aliphatic carbocycles. The molecule has 0 saturated heterocycles. The fourth-order valence-electron chi connectivity index (χ4n) is 1.83. The van der Waals surface area contributed by atoms with Crippen LogP contribution in [0.5, 0.6) is 17.2 Å². The summed E-state index contributed by atoms with van der Waals surface area (Å²) in [4.78, 5) is 13.6. The topological polar surface area (TPSA) is 74.0 Å². The predicted octanol–water partition coefficient (Wildman–Crippen LogP) is 1.41. The van der Waals surface area contributed by atoms with Crippen LogP contribution in [0, 0.1) is 0 Å². The van der Waals surface area contributed by atoms with Gasteiger partial charge in [0, 0.05) is 25.6 Å². The minimum absolute atomic E-state index is 0.00952. The van der Waals surface area contributed by atoms with E-state index in [1.54, 1.807) is 24.1 Å². The largest absolute Gasteiger partial charge is 0.493 e. The number of hydrogen-bond donors (Lipinski definition) is 1. The van der Waals surface area contributed by atoms with Crippen molar-refractivity contribution in [2.24, 2.45) is 5.73 Å². The number of carbonyl (C=O) groups is 1. The lowest BCUT2D eigenvalue weighted by Gasteiger charge is -2.20. The minimum atomic E-state index is -0.00952. The number of methoxy groups -OCH3 is 3. The zero-order chi connectivity index (χ0) is 15.1. The van der Waals surface area contributed by atoms with Crippen LogP contribution in [0.25, 0.3) is 0 Å². The van der Waals surface area contributed by atoms with Gasteiger partial charge in [-0.1, -0.05) is 0 Å². The Hall–Kier alpha value is -1.95. The molecule has 0 aliphatic heterocycles. The highest BCUT2D eigenvalue weighted by atomic mass is 16.5. The summed E-state index contributed by atoms with van der Waals surface area (Å²) in [5.74, 6) is 1.52. The van der Waals surface area contributed by atoms with Gasteiger partial charge in [0.25, 0.3) is 0 Å². The minimum Gasteiger partial charge on any atom is -0.493 e. The van der Waals surface area contributed by atoms with Crippen molar-refractivity contribution >= 4 is 11.6 Å². The van der Waals surface area contributed by atoms with Crippen molar-refractivity contribution in [3.8, 4) is 17.2 Å². The van der Waals surface area contributed by atoms with Crippen molar-refractivity contribution in [1.82, 2.24) is 0 Å². The van der Waals surface area contributed by atoms with Crippen molar-refractivity contribution in [1.29, 1.82) is 0 Å². The van der Waals surface area contributed by atoms with Gasteiger partial charge in [-0.25, -0.2) is 0 Å². The molecule has 0 unspecified atom stereocenters. The van der Waals surface area contributed by atoms with Crippen molar-refractivity contribution in [2.75, 3.05) is 39.8 Å². The Balaban J connectivity index is 3.09. The van der Waals surface area contributed by atoms with E-state index in [-0.39, 0.29) is 5.91 Å². The number of carbonyl (C=O) groups excluding carboxylic acids is 1. The van der Waals surface area contributed by atoms with Crippen LogP contribution in [0.4, 0.5) is 5.69 Å². The zero-order valence-electron chi connectivity index (χ0n) is 12.4. The second-order valence-corrected chi connectivity index (χ2v) is 4.23. The fourth-order valence-corrected chi connectivity index (χ4v) is 1.83. The molecule has 0 saturated carbocycles. The number of benzene rings is 1. The molecule has 0 radical (unpaired) electrons. The molecule has 112 valence electrons. The molecule has 0 spiro atoms. The van der Waals surface area contributed by atoms with E-state index in [0.29, 0.717) is 42.3 Å². The first-order valence-electron chi connectivity index (χ1n) is 6.35. The summed E-state index contributed by atoms with van der Waals surface area (Å²) in [7, 11) is 6.32. The molecular formula is C14H22N2O4. The number of nitrogens with zero attached hydrogens (tertiary/aromatic N) is 1. The monoisotopic (exact) mass is 282 g/mol. The van der Waals surface area contributed by atoms with Crippen LogP contribution >= 0.6 is 0 Å². The Morgan fingerprint density at radius 1 is 1.15 bits per heavy atom. The maximum absolute atomic E-state index is 12.0. The molecule has 0 aromatic heterocycles. The SMILES string of the molecule is COc1cc(N(C)C(=O)CCCN)cc(OC)c1OC. The van der Waals surface area contributed by atoms with E-state index < -0.39 is 0 Å². The van der Waals surface area contributed by atoms with Crippen LogP contribution in [0.2, 0.25) is 0 Å². The van der Waals surface area contributed by atoms with E-state index in [9.17, 15) is 4.79 Å². The number of ether oxygens (including phenoxy) is 3. The highest BCUT2D eigenvalue weighted by Gasteiger charge is 2.17. The molecule has 0 heterocycles. The third kappa shape index (κ3) is 3.54. The molecule has 20 heavy (non-hydrogen) atoms. The van der Waals surface area contributed by atoms with Crippen LogP contribution < -0.4 is 24.8 Å². The van der Waals surface area contributed by atoms with Crippen molar-refractivity contribution in [3.05, 3.63) is 12.1 Å². The van der Waals surface area contributed by atoms with Gasteiger partial charge in [0.15, 0.2) is 11.5 Å². The third-order valence-electron chi connectivity index (χ3n) is 3.01. The van der Waals surface area contributed by atoms with E-state index in [1.807, 2.05) is 0 Å². The van der Waals surface area contributed by atoms with Crippen molar-refractivity contribution in [2.45, 2.75) is 12.8 Å². The van der Waals surface area contributed by atoms with E-state index in [2.05, 4.69) is 0 Å². The average Bonchev–Trinajstić information content (AvgIpc) is 2.49. The van der Waals surface area contributed by atoms with Gasteiger partial charge in [-0.15, -0.1) is 0 Å². The van der Waals surface area contributed by atoms with Gasteiger partial charge in [-0.2, -0.15) is 0 Å². The van der Waals surface area contributed by atoms with Crippen LogP contribution in [0.3, 0.4) is 0 Å². The van der Waals surface area contributed by atoms with E-state index >= 15 is 0 Å². The molecule has 0 fully saturated rings. The van der Waals surface area contributed by atoms with Crippen LogP contribution in [-0.2, 0) is 4.79 Å². The summed E-state index contributed by atoms with van der Waals surface area (Å²) in [6.07, 6.45) is 1.07. The molecule has 1 rings (SSSR count). The lowest BCUT2D eigenvalue weighted by molar-refractivity contribution is -0.118. The first-order valence-corrected chi connectivity index (χ1v) is 6.35. The molecule has 0 aliphatic rings. The van der Waals surface area contributed by atoms with Gasteiger partial charge < -0.3 is 24.8 Å². The Bertz CT molecular complexity index is 437. The number of hydrogen-bond acceptors (Lipinski definition) is 5. The molecule has 1 aromatic rings. The number of rotatable bonds is 7.